The van der Waals surface area contributed by atoms with Gasteiger partial charge in [-0.15, -0.1) is 0 Å². The van der Waals surface area contributed by atoms with Gasteiger partial charge in [0.25, 0.3) is 0 Å². The molecule has 0 spiro atoms. The molecule has 0 fully saturated rings. The van der Waals surface area contributed by atoms with Gasteiger partial charge in [0.1, 0.15) is 0 Å². The minimum absolute atomic E-state index is 1.10. The molecule has 0 saturated carbocycles. The average Bonchev–Trinajstić information content (AvgIpc) is 3.36. The van der Waals surface area contributed by atoms with Gasteiger partial charge in [-0.1, -0.05) is 164 Å². The van der Waals surface area contributed by atoms with Crippen molar-refractivity contribution in [3.8, 4) is 33.4 Å². The Bertz CT molecular complexity index is 3170. The highest BCUT2D eigenvalue weighted by Crippen LogP contribution is 2.41. The van der Waals surface area contributed by atoms with Crippen molar-refractivity contribution in [2.75, 3.05) is 9.80 Å². The molecule has 0 unspecified atom stereocenters. The third-order valence-corrected chi connectivity index (χ3v) is 12.3. The Morgan fingerprint density at radius 1 is 0.274 bits per heavy atom. The third kappa shape index (κ3) is 7.02. The molecule has 10 aromatic carbocycles. The maximum atomic E-state index is 2.39. The lowest BCUT2D eigenvalue weighted by Gasteiger charge is -2.26. The minimum atomic E-state index is 1.10. The molecule has 2 nitrogen and oxygen atoms in total. The van der Waals surface area contributed by atoms with E-state index in [9.17, 15) is 0 Å². The van der Waals surface area contributed by atoms with Crippen molar-refractivity contribution in [2.24, 2.45) is 0 Å². The highest BCUT2D eigenvalue weighted by atomic mass is 15.1. The van der Waals surface area contributed by atoms with Gasteiger partial charge < -0.3 is 9.80 Å². The van der Waals surface area contributed by atoms with Gasteiger partial charge in [-0.2, -0.15) is 0 Å². The number of hydrogen-bond donors (Lipinski definition) is 0. The van der Waals surface area contributed by atoms with Crippen LogP contribution in [-0.4, -0.2) is 0 Å². The number of benzene rings is 10. The lowest BCUT2D eigenvalue weighted by molar-refractivity contribution is 1.00. The van der Waals surface area contributed by atoms with Crippen LogP contribution in [0.3, 0.4) is 0 Å². The average molecular weight is 793 g/mol. The first-order valence-electron chi connectivity index (χ1n) is 21.6. The van der Waals surface area contributed by atoms with Crippen LogP contribution in [0.1, 0.15) is 17.5 Å². The molecular weight excluding hydrogens is 749 g/mol. The molecule has 0 bridgehead atoms. The number of aryl methyl sites for hydroxylation is 1. The molecule has 1 aliphatic rings. The molecule has 0 atom stereocenters. The predicted molar refractivity (Wildman–Crippen MR) is 264 cm³/mol. The van der Waals surface area contributed by atoms with E-state index in [1.165, 1.54) is 66.1 Å². The van der Waals surface area contributed by atoms with Gasteiger partial charge in [-0.3, -0.25) is 0 Å². The number of anilines is 6. The van der Waals surface area contributed by atoms with Crippen LogP contribution < -0.4 is 9.80 Å². The fraction of sp³-hybridized carbons (Fsp3) is 0.0333. The maximum Gasteiger partial charge on any atom is 0.0462 e. The van der Waals surface area contributed by atoms with E-state index in [0.717, 1.165) is 47.0 Å². The van der Waals surface area contributed by atoms with Crippen molar-refractivity contribution in [1.29, 1.82) is 0 Å². The Morgan fingerprint density at radius 3 is 1.13 bits per heavy atom. The summed E-state index contributed by atoms with van der Waals surface area (Å²) in [7, 11) is 0. The summed E-state index contributed by atoms with van der Waals surface area (Å²) in [5.41, 5.74) is 16.7. The molecule has 294 valence electrons. The van der Waals surface area contributed by atoms with Gasteiger partial charge in [0.2, 0.25) is 0 Å². The molecule has 0 aromatic heterocycles. The lowest BCUT2D eigenvalue weighted by Crippen LogP contribution is -2.10. The molecule has 1 aliphatic carbocycles. The van der Waals surface area contributed by atoms with Crippen molar-refractivity contribution in [2.45, 2.75) is 12.8 Å². The van der Waals surface area contributed by atoms with Crippen LogP contribution in [0.15, 0.2) is 237 Å². The van der Waals surface area contributed by atoms with Crippen LogP contribution >= 0.6 is 0 Å². The summed E-state index contributed by atoms with van der Waals surface area (Å²) in [6, 6.07) is 83.4. The molecule has 11 rings (SSSR count). The normalized spacial score (nSPS) is 12.0. The first-order valence-corrected chi connectivity index (χ1v) is 21.6. The second-order valence-electron chi connectivity index (χ2n) is 16.0. The van der Waals surface area contributed by atoms with E-state index < -0.39 is 0 Å². The molecular formula is C60H44N2. The van der Waals surface area contributed by atoms with E-state index in [-0.39, 0.29) is 0 Å². The van der Waals surface area contributed by atoms with Gasteiger partial charge >= 0.3 is 0 Å². The largest absolute Gasteiger partial charge is 0.311 e. The zero-order valence-corrected chi connectivity index (χ0v) is 34.4. The molecule has 10 aromatic rings. The third-order valence-electron chi connectivity index (χ3n) is 12.3. The monoisotopic (exact) mass is 792 g/mol. The predicted octanol–water partition coefficient (Wildman–Crippen LogP) is 16.9. The molecule has 0 aliphatic heterocycles. The Hall–Kier alpha value is -7.94. The standard InChI is InChI=1S/C60H44N2/c1-4-14-43(15-5-1)44-24-33-51(34-25-44)61(49-16-6-2-7-17-49)52-35-26-45(27-36-52)46-28-37-53(38-29-46)62(50-18-8-3-9-19-50)54-39-30-47(31-40-54)48-32-41-59-57-22-11-10-20-55(57)56-21-12-13-23-58(56)60(59)42-48/h1-9,11-19,21-42H,10,20H2. The lowest BCUT2D eigenvalue weighted by atomic mass is 9.86. The van der Waals surface area contributed by atoms with Crippen LogP contribution in [0.2, 0.25) is 0 Å². The van der Waals surface area contributed by atoms with Gasteiger partial charge in [0, 0.05) is 34.1 Å². The summed E-state index contributed by atoms with van der Waals surface area (Å²) >= 11 is 0. The summed E-state index contributed by atoms with van der Waals surface area (Å²) in [5.74, 6) is 0. The Kier molecular flexibility index (Phi) is 9.72. The molecule has 0 N–H and O–H groups in total. The van der Waals surface area contributed by atoms with E-state index in [1.54, 1.807) is 0 Å². The number of rotatable bonds is 9. The highest BCUT2D eigenvalue weighted by Gasteiger charge is 2.18. The van der Waals surface area contributed by atoms with Gasteiger partial charge in [0.15, 0.2) is 0 Å². The molecule has 0 radical (unpaired) electrons. The zero-order chi connectivity index (χ0) is 41.2. The second kappa shape index (κ2) is 16.3. The SMILES string of the molecule is C1=Cc2c(c3ccccc3c3cc(-c4ccc(N(c5ccccc5)c5ccc(-c6ccc(N(c7ccccc7)c7ccc(-c8ccccc8)cc7)cc6)cc5)cc4)ccc23)CC1. The van der Waals surface area contributed by atoms with Gasteiger partial charge in [0.05, 0.1) is 0 Å². The maximum absolute atomic E-state index is 2.39. The number of nitrogens with zero attached hydrogens (tertiary/aromatic N) is 2. The molecule has 0 saturated heterocycles. The summed E-state index contributed by atoms with van der Waals surface area (Å²) in [5, 5.41) is 5.37. The summed E-state index contributed by atoms with van der Waals surface area (Å²) in [4.78, 5) is 4.65. The van der Waals surface area contributed by atoms with Crippen LogP contribution in [0, 0.1) is 0 Å². The van der Waals surface area contributed by atoms with Crippen molar-refractivity contribution in [3.63, 3.8) is 0 Å². The van der Waals surface area contributed by atoms with Crippen molar-refractivity contribution in [1.82, 2.24) is 0 Å². The van der Waals surface area contributed by atoms with E-state index in [4.69, 9.17) is 0 Å². The van der Waals surface area contributed by atoms with E-state index >= 15 is 0 Å². The number of allylic oxidation sites excluding steroid dienone is 1. The van der Waals surface area contributed by atoms with E-state index in [1.807, 2.05) is 0 Å². The number of para-hydroxylation sites is 2. The second-order valence-corrected chi connectivity index (χ2v) is 16.0. The van der Waals surface area contributed by atoms with Gasteiger partial charge in [-0.25, -0.2) is 0 Å². The van der Waals surface area contributed by atoms with Crippen LogP contribution in [0.4, 0.5) is 34.1 Å². The number of fused-ring (bicyclic) bond motifs is 6. The van der Waals surface area contributed by atoms with Crippen molar-refractivity contribution < 1.29 is 0 Å². The summed E-state index contributed by atoms with van der Waals surface area (Å²) in [6.45, 7) is 0. The Morgan fingerprint density at radius 2 is 0.645 bits per heavy atom. The van der Waals surface area contributed by atoms with Crippen molar-refractivity contribution >= 4 is 61.7 Å². The van der Waals surface area contributed by atoms with E-state index in [0.29, 0.717) is 0 Å². The highest BCUT2D eigenvalue weighted by molar-refractivity contribution is 6.14. The quantitative estimate of drug-likeness (QED) is 0.134. The zero-order valence-electron chi connectivity index (χ0n) is 34.4. The fourth-order valence-corrected chi connectivity index (χ4v) is 9.25. The first kappa shape index (κ1) is 37.1. The molecule has 0 amide bonds. The minimum Gasteiger partial charge on any atom is -0.311 e. The topological polar surface area (TPSA) is 6.48 Å². The number of hydrogen-bond acceptors (Lipinski definition) is 2. The van der Waals surface area contributed by atoms with Gasteiger partial charge in [-0.05, 0) is 158 Å². The Labute approximate surface area is 363 Å². The van der Waals surface area contributed by atoms with Crippen LogP contribution in [0.5, 0.6) is 0 Å². The summed E-state index contributed by atoms with van der Waals surface area (Å²) < 4.78 is 0. The fourth-order valence-electron chi connectivity index (χ4n) is 9.25. The van der Waals surface area contributed by atoms with Crippen molar-refractivity contribution in [3.05, 3.63) is 248 Å². The molecule has 0 heterocycles. The van der Waals surface area contributed by atoms with E-state index in [2.05, 4.69) is 252 Å². The summed E-state index contributed by atoms with van der Waals surface area (Å²) in [6.07, 6.45) is 6.85. The smallest absolute Gasteiger partial charge is 0.0462 e. The molecule has 62 heavy (non-hydrogen) atoms. The Balaban J connectivity index is 0.883. The van der Waals surface area contributed by atoms with Crippen LogP contribution in [0.25, 0.3) is 61.0 Å². The van der Waals surface area contributed by atoms with Crippen LogP contribution in [-0.2, 0) is 6.42 Å². The first-order chi connectivity index (χ1) is 30.7. The molecule has 2 heteroatoms.